The zero-order valence-corrected chi connectivity index (χ0v) is 10.7. The van der Waals surface area contributed by atoms with E-state index in [1.165, 1.54) is 6.08 Å². The van der Waals surface area contributed by atoms with E-state index >= 15 is 0 Å². The van der Waals surface area contributed by atoms with Gasteiger partial charge in [-0.2, -0.15) is 0 Å². The van der Waals surface area contributed by atoms with Gasteiger partial charge in [-0.25, -0.2) is 8.42 Å². The molecule has 0 radical (unpaired) electrons. The summed E-state index contributed by atoms with van der Waals surface area (Å²) in [7, 11) is -3.72. The van der Waals surface area contributed by atoms with Crippen LogP contribution in [0.3, 0.4) is 0 Å². The third kappa shape index (κ3) is 2.58. The van der Waals surface area contributed by atoms with Crippen molar-refractivity contribution in [3.63, 3.8) is 0 Å². The van der Waals surface area contributed by atoms with Gasteiger partial charge in [-0.15, -0.1) is 6.58 Å². The summed E-state index contributed by atoms with van der Waals surface area (Å²) in [5, 5.41) is 0. The molecule has 1 aliphatic carbocycles. The van der Waals surface area contributed by atoms with Crippen LogP contribution in [0.25, 0.3) is 0 Å². The molecule has 0 aromatic heterocycles. The first-order valence-corrected chi connectivity index (χ1v) is 6.84. The van der Waals surface area contributed by atoms with Gasteiger partial charge in [0, 0.05) is 0 Å². The smallest absolute Gasteiger partial charge is 0.250 e. The molecule has 0 spiro atoms. The van der Waals surface area contributed by atoms with Crippen molar-refractivity contribution < 1.29 is 13.2 Å². The van der Waals surface area contributed by atoms with Crippen LogP contribution in [0.4, 0.5) is 0 Å². The molecule has 1 rings (SSSR count). The van der Waals surface area contributed by atoms with E-state index < -0.39 is 26.7 Å². The Morgan fingerprint density at radius 1 is 1.59 bits per heavy atom. The number of rotatable bonds is 6. The fourth-order valence-electron chi connectivity index (χ4n) is 1.63. The van der Waals surface area contributed by atoms with Crippen LogP contribution in [0, 0.1) is 0 Å². The number of nitrogens with one attached hydrogen (secondary N) is 1. The van der Waals surface area contributed by atoms with E-state index in [1.807, 2.05) is 4.72 Å². The molecule has 6 heteroatoms. The quantitative estimate of drug-likeness (QED) is 0.677. The SMILES string of the molecule is C=CCC(N)C(=O)NS(=O)(=O)C1(C(=C)C)CC1. The molecule has 0 aromatic rings. The van der Waals surface area contributed by atoms with E-state index in [0.717, 1.165) is 0 Å². The topological polar surface area (TPSA) is 89.3 Å². The summed E-state index contributed by atoms with van der Waals surface area (Å²) in [4.78, 5) is 11.6. The maximum absolute atomic E-state index is 12.0. The average molecular weight is 258 g/mol. The van der Waals surface area contributed by atoms with Gasteiger partial charge in [0.05, 0.1) is 6.04 Å². The second-order valence-corrected chi connectivity index (χ2v) is 6.37. The minimum atomic E-state index is -3.72. The number of amides is 1. The second-order valence-electron chi connectivity index (χ2n) is 4.38. The number of sulfonamides is 1. The fourth-order valence-corrected chi connectivity index (χ4v) is 3.34. The molecule has 1 unspecified atom stereocenters. The Balaban J connectivity index is 2.78. The third-order valence-electron chi connectivity index (χ3n) is 2.99. The van der Waals surface area contributed by atoms with E-state index in [4.69, 9.17) is 5.73 Å². The lowest BCUT2D eigenvalue weighted by Gasteiger charge is -2.18. The van der Waals surface area contributed by atoms with E-state index in [0.29, 0.717) is 18.4 Å². The largest absolute Gasteiger partial charge is 0.320 e. The van der Waals surface area contributed by atoms with Crippen LogP contribution in [0.5, 0.6) is 0 Å². The van der Waals surface area contributed by atoms with E-state index in [9.17, 15) is 13.2 Å². The van der Waals surface area contributed by atoms with Gasteiger partial charge in [0.1, 0.15) is 4.75 Å². The Kier molecular flexibility index (Phi) is 3.78. The van der Waals surface area contributed by atoms with Gasteiger partial charge in [-0.3, -0.25) is 9.52 Å². The summed E-state index contributed by atoms with van der Waals surface area (Å²) in [5.74, 6) is -0.697. The van der Waals surface area contributed by atoms with Crippen molar-refractivity contribution in [3.8, 4) is 0 Å². The van der Waals surface area contributed by atoms with E-state index in [-0.39, 0.29) is 6.42 Å². The van der Waals surface area contributed by atoms with Gasteiger partial charge in [-0.1, -0.05) is 18.2 Å². The monoisotopic (exact) mass is 258 g/mol. The first-order chi connectivity index (χ1) is 7.77. The Labute approximate surface area is 102 Å². The zero-order valence-electron chi connectivity index (χ0n) is 9.90. The van der Waals surface area contributed by atoms with Crippen LogP contribution in [0.1, 0.15) is 26.2 Å². The molecule has 0 saturated heterocycles. The standard InChI is InChI=1S/C11H18N2O3S/c1-4-5-9(12)10(14)13-17(15,16)11(6-7-11)8(2)3/h4,9H,1-2,5-7,12H2,3H3,(H,13,14). The molecule has 3 N–H and O–H groups in total. The normalized spacial score (nSPS) is 19.2. The van der Waals surface area contributed by atoms with Gasteiger partial charge >= 0.3 is 0 Å². The van der Waals surface area contributed by atoms with Crippen LogP contribution in [0.15, 0.2) is 24.8 Å². The predicted octanol–water partition coefficient (Wildman–Crippen LogP) is 0.444. The first kappa shape index (κ1) is 13.9. The summed E-state index contributed by atoms with van der Waals surface area (Å²) in [6.07, 6.45) is 2.72. The van der Waals surface area contributed by atoms with Crippen LogP contribution >= 0.6 is 0 Å². The van der Waals surface area contributed by atoms with Crippen molar-refractivity contribution in [1.82, 2.24) is 4.72 Å². The summed E-state index contributed by atoms with van der Waals surface area (Å²) >= 11 is 0. The molecule has 0 aromatic carbocycles. The van der Waals surface area contributed by atoms with Crippen molar-refractivity contribution in [3.05, 3.63) is 24.8 Å². The van der Waals surface area contributed by atoms with Crippen LogP contribution < -0.4 is 10.5 Å². The van der Waals surface area contributed by atoms with Gasteiger partial charge < -0.3 is 5.73 Å². The molecular formula is C11H18N2O3S. The Morgan fingerprint density at radius 3 is 2.47 bits per heavy atom. The summed E-state index contributed by atoms with van der Waals surface area (Å²) in [6, 6.07) is -0.886. The minimum absolute atomic E-state index is 0.238. The lowest BCUT2D eigenvalue weighted by molar-refractivity contribution is -0.120. The van der Waals surface area contributed by atoms with E-state index in [2.05, 4.69) is 13.2 Å². The molecule has 0 bridgehead atoms. The number of hydrogen-bond acceptors (Lipinski definition) is 4. The predicted molar refractivity (Wildman–Crippen MR) is 66.6 cm³/mol. The van der Waals surface area contributed by atoms with Crippen molar-refractivity contribution >= 4 is 15.9 Å². The number of carbonyl (C=O) groups is 1. The molecule has 1 fully saturated rings. The molecule has 1 saturated carbocycles. The lowest BCUT2D eigenvalue weighted by Crippen LogP contribution is -2.47. The first-order valence-electron chi connectivity index (χ1n) is 5.35. The highest BCUT2D eigenvalue weighted by Gasteiger charge is 2.56. The molecule has 1 amide bonds. The molecule has 96 valence electrons. The van der Waals surface area contributed by atoms with Gasteiger partial charge in [-0.05, 0) is 26.2 Å². The summed E-state index contributed by atoms with van der Waals surface area (Å²) in [6.45, 7) is 8.76. The van der Waals surface area contributed by atoms with E-state index in [1.54, 1.807) is 6.92 Å². The van der Waals surface area contributed by atoms with Crippen LogP contribution in [0.2, 0.25) is 0 Å². The van der Waals surface area contributed by atoms with Crippen molar-refractivity contribution in [2.75, 3.05) is 0 Å². The molecule has 5 nitrogen and oxygen atoms in total. The molecule has 0 heterocycles. The number of nitrogens with two attached hydrogens (primary N) is 1. The molecule has 1 aliphatic rings. The summed E-state index contributed by atoms with van der Waals surface area (Å²) in [5.41, 5.74) is 6.06. The Hall–Kier alpha value is -1.14. The van der Waals surface area contributed by atoms with Gasteiger partial charge in [0.2, 0.25) is 10.0 Å². The van der Waals surface area contributed by atoms with Gasteiger partial charge in [0.15, 0.2) is 0 Å². The van der Waals surface area contributed by atoms with Gasteiger partial charge in [0.25, 0.3) is 5.91 Å². The highest BCUT2D eigenvalue weighted by atomic mass is 32.2. The van der Waals surface area contributed by atoms with Crippen LogP contribution in [-0.2, 0) is 14.8 Å². The fraction of sp³-hybridized carbons (Fsp3) is 0.545. The lowest BCUT2D eigenvalue weighted by atomic mass is 10.2. The summed E-state index contributed by atoms with van der Waals surface area (Å²) < 4.78 is 25.1. The highest BCUT2D eigenvalue weighted by molar-refractivity contribution is 7.92. The Bertz CT molecular complexity index is 449. The maximum Gasteiger partial charge on any atom is 0.250 e. The number of carbonyl (C=O) groups excluding carboxylic acids is 1. The third-order valence-corrected chi connectivity index (χ3v) is 5.24. The van der Waals surface area contributed by atoms with Crippen molar-refractivity contribution in [2.24, 2.45) is 5.73 Å². The second kappa shape index (κ2) is 4.62. The van der Waals surface area contributed by atoms with Crippen LogP contribution in [-0.4, -0.2) is 25.1 Å². The zero-order chi connectivity index (χ0) is 13.3. The molecule has 0 aliphatic heterocycles. The average Bonchev–Trinajstić information content (AvgIpc) is 2.97. The number of hydrogen-bond donors (Lipinski definition) is 2. The molecule has 17 heavy (non-hydrogen) atoms. The maximum atomic E-state index is 12.0. The van der Waals surface area contributed by atoms with Crippen molar-refractivity contribution in [1.29, 1.82) is 0 Å². The minimum Gasteiger partial charge on any atom is -0.320 e. The Morgan fingerprint density at radius 2 is 2.12 bits per heavy atom. The highest BCUT2D eigenvalue weighted by Crippen LogP contribution is 2.48. The molecule has 1 atom stereocenters. The molecular weight excluding hydrogens is 240 g/mol. The van der Waals surface area contributed by atoms with Crippen molar-refractivity contribution in [2.45, 2.75) is 37.0 Å².